The summed E-state index contributed by atoms with van der Waals surface area (Å²) in [4.78, 5) is 2.50. The van der Waals surface area contributed by atoms with Crippen LogP contribution in [-0.4, -0.2) is 37.6 Å². The Hall–Kier alpha value is -0.0800. The molecule has 0 radical (unpaired) electrons. The predicted octanol–water partition coefficient (Wildman–Crippen LogP) is 1.86. The second-order valence-electron chi connectivity index (χ2n) is 5.07. The van der Waals surface area contributed by atoms with Crippen molar-refractivity contribution in [1.29, 1.82) is 0 Å². The molecule has 2 heteroatoms. The van der Waals surface area contributed by atoms with Gasteiger partial charge < -0.3 is 10.2 Å². The molecule has 2 rings (SSSR count). The van der Waals surface area contributed by atoms with Gasteiger partial charge in [0.05, 0.1) is 0 Å². The molecule has 2 nitrogen and oxygen atoms in total. The van der Waals surface area contributed by atoms with Crippen molar-refractivity contribution in [2.45, 2.75) is 44.6 Å². The van der Waals surface area contributed by atoms with Gasteiger partial charge in [-0.25, -0.2) is 0 Å². The maximum atomic E-state index is 3.60. The van der Waals surface area contributed by atoms with Gasteiger partial charge >= 0.3 is 0 Å². The lowest BCUT2D eigenvalue weighted by Crippen LogP contribution is -2.32. The van der Waals surface area contributed by atoms with E-state index in [-0.39, 0.29) is 0 Å². The topological polar surface area (TPSA) is 15.3 Å². The molecular weight excluding hydrogens is 172 g/mol. The molecule has 1 N–H and O–H groups in total. The van der Waals surface area contributed by atoms with Crippen LogP contribution >= 0.6 is 0 Å². The quantitative estimate of drug-likeness (QED) is 0.652. The Morgan fingerprint density at radius 1 is 1.14 bits per heavy atom. The van der Waals surface area contributed by atoms with Crippen molar-refractivity contribution >= 4 is 0 Å². The first kappa shape index (κ1) is 10.4. The molecule has 2 aliphatic carbocycles. The summed E-state index contributed by atoms with van der Waals surface area (Å²) in [5, 5.41) is 3.60. The first-order valence-electron chi connectivity index (χ1n) is 6.27. The van der Waals surface area contributed by atoms with Crippen molar-refractivity contribution in [1.82, 2.24) is 10.2 Å². The van der Waals surface area contributed by atoms with E-state index in [1.54, 1.807) is 0 Å². The Labute approximate surface area is 88.1 Å². The molecule has 0 aromatic carbocycles. The van der Waals surface area contributed by atoms with E-state index >= 15 is 0 Å². The molecule has 0 aliphatic heterocycles. The second-order valence-corrected chi connectivity index (χ2v) is 5.07. The third kappa shape index (κ3) is 3.25. The Kier molecular flexibility index (Phi) is 3.82. The van der Waals surface area contributed by atoms with Crippen molar-refractivity contribution in [2.24, 2.45) is 5.92 Å². The highest BCUT2D eigenvalue weighted by molar-refractivity contribution is 4.82. The highest BCUT2D eigenvalue weighted by atomic mass is 15.2. The van der Waals surface area contributed by atoms with Crippen molar-refractivity contribution in [3.63, 3.8) is 0 Å². The molecule has 82 valence electrons. The highest BCUT2D eigenvalue weighted by Gasteiger charge is 2.25. The number of nitrogens with zero attached hydrogens (tertiary/aromatic N) is 1. The van der Waals surface area contributed by atoms with E-state index in [9.17, 15) is 0 Å². The molecular formula is C12H24N2. The van der Waals surface area contributed by atoms with E-state index in [1.165, 1.54) is 58.2 Å². The van der Waals surface area contributed by atoms with Crippen molar-refractivity contribution < 1.29 is 0 Å². The zero-order chi connectivity index (χ0) is 9.80. The maximum Gasteiger partial charge on any atom is 0.0107 e. The first-order valence-corrected chi connectivity index (χ1v) is 6.27. The fraction of sp³-hybridized carbons (Fsp3) is 1.00. The molecule has 14 heavy (non-hydrogen) atoms. The van der Waals surface area contributed by atoms with Gasteiger partial charge in [0.25, 0.3) is 0 Å². The van der Waals surface area contributed by atoms with Crippen molar-refractivity contribution in [3.05, 3.63) is 0 Å². The lowest BCUT2D eigenvalue weighted by molar-refractivity contribution is 0.317. The molecule has 0 atom stereocenters. The largest absolute Gasteiger partial charge is 0.315 e. The molecule has 0 saturated heterocycles. The van der Waals surface area contributed by atoms with Crippen LogP contribution in [0.4, 0.5) is 0 Å². The summed E-state index contributed by atoms with van der Waals surface area (Å²) in [5.74, 6) is 0.987. The Morgan fingerprint density at radius 2 is 1.86 bits per heavy atom. The Bertz CT molecular complexity index is 156. The van der Waals surface area contributed by atoms with E-state index < -0.39 is 0 Å². The van der Waals surface area contributed by atoms with Gasteiger partial charge in [0, 0.05) is 19.1 Å². The standard InChI is InChI=1S/C12H24N2/c1-14(12-6-7-12)9-8-13-10-11-4-2-3-5-11/h11-13H,2-10H2,1H3. The van der Waals surface area contributed by atoms with Crippen LogP contribution in [0.1, 0.15) is 38.5 Å². The Morgan fingerprint density at radius 3 is 2.50 bits per heavy atom. The van der Waals surface area contributed by atoms with Crippen LogP contribution in [0.5, 0.6) is 0 Å². The highest BCUT2D eigenvalue weighted by Crippen LogP contribution is 2.25. The van der Waals surface area contributed by atoms with Gasteiger partial charge in [-0.3, -0.25) is 0 Å². The normalized spacial score (nSPS) is 23.6. The van der Waals surface area contributed by atoms with Gasteiger partial charge in [-0.2, -0.15) is 0 Å². The number of rotatable bonds is 6. The van der Waals surface area contributed by atoms with E-state index in [2.05, 4.69) is 17.3 Å². The summed E-state index contributed by atoms with van der Waals surface area (Å²) < 4.78 is 0. The van der Waals surface area contributed by atoms with Gasteiger partial charge in [0.1, 0.15) is 0 Å². The van der Waals surface area contributed by atoms with E-state index in [0.717, 1.165) is 12.0 Å². The van der Waals surface area contributed by atoms with Crippen molar-refractivity contribution in [2.75, 3.05) is 26.7 Å². The second kappa shape index (κ2) is 5.13. The lowest BCUT2D eigenvalue weighted by Gasteiger charge is -2.17. The molecule has 0 unspecified atom stereocenters. The van der Waals surface area contributed by atoms with Gasteiger partial charge in [0.2, 0.25) is 0 Å². The van der Waals surface area contributed by atoms with Gasteiger partial charge in [-0.05, 0) is 45.2 Å². The minimum atomic E-state index is 0.920. The molecule has 0 spiro atoms. The van der Waals surface area contributed by atoms with Gasteiger partial charge in [0.15, 0.2) is 0 Å². The summed E-state index contributed by atoms with van der Waals surface area (Å²) in [6.07, 6.45) is 8.72. The Balaban J connectivity index is 1.46. The first-order chi connectivity index (χ1) is 6.86. The number of nitrogens with one attached hydrogen (secondary N) is 1. The van der Waals surface area contributed by atoms with Crippen LogP contribution in [0, 0.1) is 5.92 Å². The number of likely N-dealkylation sites (N-methyl/N-ethyl adjacent to an activating group) is 1. The smallest absolute Gasteiger partial charge is 0.0107 e. The monoisotopic (exact) mass is 196 g/mol. The third-order valence-corrected chi connectivity index (χ3v) is 3.72. The number of hydrogen-bond acceptors (Lipinski definition) is 2. The molecule has 2 fully saturated rings. The molecule has 0 bridgehead atoms. The maximum absolute atomic E-state index is 3.60. The molecule has 2 aliphatic rings. The average Bonchev–Trinajstić information content (AvgIpc) is 2.92. The van der Waals surface area contributed by atoms with Crippen LogP contribution in [0.2, 0.25) is 0 Å². The SMILES string of the molecule is CN(CCNCC1CCCC1)C1CC1. The van der Waals surface area contributed by atoms with E-state index in [0.29, 0.717) is 0 Å². The van der Waals surface area contributed by atoms with Crippen LogP contribution in [0.3, 0.4) is 0 Å². The fourth-order valence-corrected chi connectivity index (χ4v) is 2.47. The van der Waals surface area contributed by atoms with Gasteiger partial charge in [-0.1, -0.05) is 12.8 Å². The summed E-state index contributed by atoms with van der Waals surface area (Å²) in [5.41, 5.74) is 0. The molecule has 0 amide bonds. The van der Waals surface area contributed by atoms with E-state index in [4.69, 9.17) is 0 Å². The number of hydrogen-bond donors (Lipinski definition) is 1. The van der Waals surface area contributed by atoms with Gasteiger partial charge in [-0.15, -0.1) is 0 Å². The van der Waals surface area contributed by atoms with Crippen molar-refractivity contribution in [3.8, 4) is 0 Å². The van der Waals surface area contributed by atoms with Crippen LogP contribution in [-0.2, 0) is 0 Å². The molecule has 0 heterocycles. The fourth-order valence-electron chi connectivity index (χ4n) is 2.47. The minimum Gasteiger partial charge on any atom is -0.315 e. The average molecular weight is 196 g/mol. The van der Waals surface area contributed by atoms with Crippen LogP contribution < -0.4 is 5.32 Å². The predicted molar refractivity (Wildman–Crippen MR) is 60.5 cm³/mol. The molecule has 0 aromatic rings. The van der Waals surface area contributed by atoms with Crippen LogP contribution in [0.15, 0.2) is 0 Å². The summed E-state index contributed by atoms with van der Waals surface area (Å²) in [6.45, 7) is 3.68. The zero-order valence-electron chi connectivity index (χ0n) is 9.47. The summed E-state index contributed by atoms with van der Waals surface area (Å²) in [7, 11) is 2.26. The van der Waals surface area contributed by atoms with E-state index in [1.807, 2.05) is 0 Å². The summed E-state index contributed by atoms with van der Waals surface area (Å²) >= 11 is 0. The zero-order valence-corrected chi connectivity index (χ0v) is 9.47. The lowest BCUT2D eigenvalue weighted by atomic mass is 10.1. The molecule has 2 saturated carbocycles. The summed E-state index contributed by atoms with van der Waals surface area (Å²) in [6, 6.07) is 0.920. The third-order valence-electron chi connectivity index (χ3n) is 3.72. The molecule has 0 aromatic heterocycles. The van der Waals surface area contributed by atoms with Crippen LogP contribution in [0.25, 0.3) is 0 Å². The minimum absolute atomic E-state index is 0.920.